The minimum absolute atomic E-state index is 0.291. The lowest BCUT2D eigenvalue weighted by atomic mass is 10.2. The highest BCUT2D eigenvalue weighted by molar-refractivity contribution is 7.16. The molecular formula is C10H7FN4S. The van der Waals surface area contributed by atoms with Crippen molar-refractivity contribution in [1.82, 2.24) is 19.8 Å². The van der Waals surface area contributed by atoms with Crippen LogP contribution in [-0.4, -0.2) is 19.8 Å². The van der Waals surface area contributed by atoms with Gasteiger partial charge >= 0.3 is 0 Å². The van der Waals surface area contributed by atoms with Gasteiger partial charge in [0.1, 0.15) is 10.8 Å². The van der Waals surface area contributed by atoms with Crippen LogP contribution in [0, 0.1) is 12.7 Å². The van der Waals surface area contributed by atoms with Crippen molar-refractivity contribution in [3.05, 3.63) is 35.1 Å². The summed E-state index contributed by atoms with van der Waals surface area (Å²) < 4.78 is 14.7. The molecule has 80 valence electrons. The van der Waals surface area contributed by atoms with Gasteiger partial charge in [0.2, 0.25) is 4.96 Å². The SMILES string of the molecule is Cc1nn2c(-c3cccc(F)c3)nnc2s1. The zero-order chi connectivity index (χ0) is 11.1. The van der Waals surface area contributed by atoms with Gasteiger partial charge in [-0.25, -0.2) is 4.39 Å². The number of halogens is 1. The predicted molar refractivity (Wildman–Crippen MR) is 58.8 cm³/mol. The van der Waals surface area contributed by atoms with E-state index in [-0.39, 0.29) is 5.82 Å². The highest BCUT2D eigenvalue weighted by atomic mass is 32.1. The molecule has 0 aliphatic carbocycles. The number of nitrogens with zero attached hydrogens (tertiary/aromatic N) is 4. The van der Waals surface area contributed by atoms with Gasteiger partial charge in [0.05, 0.1) is 0 Å². The van der Waals surface area contributed by atoms with Crippen molar-refractivity contribution in [1.29, 1.82) is 0 Å². The lowest BCUT2D eigenvalue weighted by molar-refractivity contribution is 0.628. The van der Waals surface area contributed by atoms with E-state index in [0.29, 0.717) is 11.4 Å². The molecule has 3 aromatic rings. The molecule has 0 radical (unpaired) electrons. The van der Waals surface area contributed by atoms with Crippen molar-refractivity contribution >= 4 is 16.3 Å². The molecule has 0 atom stereocenters. The van der Waals surface area contributed by atoms with Crippen molar-refractivity contribution in [2.24, 2.45) is 0 Å². The maximum atomic E-state index is 13.1. The van der Waals surface area contributed by atoms with Crippen molar-refractivity contribution in [3.63, 3.8) is 0 Å². The summed E-state index contributed by atoms with van der Waals surface area (Å²) in [4.78, 5) is 0.719. The third-order valence-electron chi connectivity index (χ3n) is 2.17. The molecule has 0 fully saturated rings. The summed E-state index contributed by atoms with van der Waals surface area (Å²) in [6.07, 6.45) is 0. The van der Waals surface area contributed by atoms with Crippen molar-refractivity contribution in [2.75, 3.05) is 0 Å². The highest BCUT2D eigenvalue weighted by Gasteiger charge is 2.11. The Morgan fingerprint density at radius 2 is 2.19 bits per heavy atom. The molecule has 0 unspecified atom stereocenters. The van der Waals surface area contributed by atoms with Crippen molar-refractivity contribution < 1.29 is 4.39 Å². The Hall–Kier alpha value is -1.82. The first kappa shape index (κ1) is 9.41. The summed E-state index contributed by atoms with van der Waals surface area (Å²) in [5, 5.41) is 13.2. The van der Waals surface area contributed by atoms with Gasteiger partial charge in [0.15, 0.2) is 5.82 Å². The fourth-order valence-corrected chi connectivity index (χ4v) is 2.20. The van der Waals surface area contributed by atoms with Crippen LogP contribution in [0.5, 0.6) is 0 Å². The van der Waals surface area contributed by atoms with Gasteiger partial charge in [-0.3, -0.25) is 0 Å². The van der Waals surface area contributed by atoms with E-state index in [2.05, 4.69) is 15.3 Å². The topological polar surface area (TPSA) is 43.1 Å². The van der Waals surface area contributed by atoms with Crippen LogP contribution in [0.3, 0.4) is 0 Å². The van der Waals surface area contributed by atoms with E-state index in [1.807, 2.05) is 6.92 Å². The zero-order valence-electron chi connectivity index (χ0n) is 8.38. The number of rotatable bonds is 1. The van der Waals surface area contributed by atoms with Crippen LogP contribution in [0.2, 0.25) is 0 Å². The predicted octanol–water partition coefficient (Wildman–Crippen LogP) is 2.30. The molecule has 4 nitrogen and oxygen atoms in total. The van der Waals surface area contributed by atoms with Crippen molar-refractivity contribution in [3.8, 4) is 11.4 Å². The van der Waals surface area contributed by atoms with E-state index >= 15 is 0 Å². The Labute approximate surface area is 94.4 Å². The largest absolute Gasteiger partial charge is 0.234 e. The van der Waals surface area contributed by atoms with Gasteiger partial charge in [0.25, 0.3) is 0 Å². The first-order valence-electron chi connectivity index (χ1n) is 4.69. The molecule has 0 saturated carbocycles. The van der Waals surface area contributed by atoms with Crippen LogP contribution in [0.15, 0.2) is 24.3 Å². The van der Waals surface area contributed by atoms with E-state index < -0.39 is 0 Å². The maximum absolute atomic E-state index is 13.1. The van der Waals surface area contributed by atoms with Crippen molar-refractivity contribution in [2.45, 2.75) is 6.92 Å². The summed E-state index contributed by atoms with van der Waals surface area (Å²) in [5.41, 5.74) is 0.679. The van der Waals surface area contributed by atoms with E-state index in [0.717, 1.165) is 9.97 Å². The Kier molecular flexibility index (Phi) is 1.97. The van der Waals surface area contributed by atoms with Gasteiger partial charge in [-0.1, -0.05) is 23.5 Å². The lowest BCUT2D eigenvalue weighted by Crippen LogP contribution is -1.91. The fourth-order valence-electron chi connectivity index (χ4n) is 1.52. The molecular weight excluding hydrogens is 227 g/mol. The first-order valence-corrected chi connectivity index (χ1v) is 5.50. The Morgan fingerprint density at radius 1 is 1.31 bits per heavy atom. The number of aromatic nitrogens is 4. The molecule has 0 aliphatic heterocycles. The van der Waals surface area contributed by atoms with E-state index in [4.69, 9.17) is 0 Å². The number of hydrogen-bond acceptors (Lipinski definition) is 4. The quantitative estimate of drug-likeness (QED) is 0.649. The molecule has 0 amide bonds. The molecule has 0 N–H and O–H groups in total. The average molecular weight is 234 g/mol. The van der Waals surface area contributed by atoms with Crippen LogP contribution in [0.4, 0.5) is 4.39 Å². The van der Waals surface area contributed by atoms with Crippen LogP contribution < -0.4 is 0 Å². The summed E-state index contributed by atoms with van der Waals surface area (Å²) in [7, 11) is 0. The van der Waals surface area contributed by atoms with E-state index in [1.54, 1.807) is 16.6 Å². The number of benzene rings is 1. The number of fused-ring (bicyclic) bond motifs is 1. The minimum Gasteiger partial charge on any atom is -0.207 e. The molecule has 0 aliphatic rings. The summed E-state index contributed by atoms with van der Waals surface area (Å²) in [6, 6.07) is 6.25. The number of aryl methyl sites for hydroxylation is 1. The van der Waals surface area contributed by atoms with Crippen LogP contribution >= 0.6 is 11.3 Å². The molecule has 2 heterocycles. The minimum atomic E-state index is -0.291. The molecule has 1 aromatic carbocycles. The van der Waals surface area contributed by atoms with Gasteiger partial charge in [-0.2, -0.15) is 9.61 Å². The second kappa shape index (κ2) is 3.34. The van der Waals surface area contributed by atoms with Gasteiger partial charge < -0.3 is 0 Å². The van der Waals surface area contributed by atoms with E-state index in [1.165, 1.54) is 23.5 Å². The summed E-state index contributed by atoms with van der Waals surface area (Å²) >= 11 is 1.46. The van der Waals surface area contributed by atoms with Crippen LogP contribution in [-0.2, 0) is 0 Å². The molecule has 2 aromatic heterocycles. The molecule has 0 saturated heterocycles. The summed E-state index contributed by atoms with van der Waals surface area (Å²) in [6.45, 7) is 1.90. The Bertz CT molecular complexity index is 658. The second-order valence-corrected chi connectivity index (χ2v) is 4.51. The smallest absolute Gasteiger partial charge is 0.207 e. The summed E-state index contributed by atoms with van der Waals surface area (Å²) in [5.74, 6) is 0.278. The lowest BCUT2D eigenvalue weighted by Gasteiger charge is -1.96. The van der Waals surface area contributed by atoms with Crippen LogP contribution in [0.1, 0.15) is 5.01 Å². The third kappa shape index (κ3) is 1.38. The second-order valence-electron chi connectivity index (χ2n) is 3.35. The highest BCUT2D eigenvalue weighted by Crippen LogP contribution is 2.21. The van der Waals surface area contributed by atoms with Gasteiger partial charge in [-0.05, 0) is 19.1 Å². The molecule has 16 heavy (non-hydrogen) atoms. The van der Waals surface area contributed by atoms with Gasteiger partial charge in [-0.15, -0.1) is 10.2 Å². The fraction of sp³-hybridized carbons (Fsp3) is 0.100. The third-order valence-corrected chi connectivity index (χ3v) is 2.99. The molecule has 3 rings (SSSR count). The molecule has 0 spiro atoms. The standard InChI is InChI=1S/C10H7FN4S/c1-6-14-15-9(12-13-10(15)16-6)7-3-2-4-8(11)5-7/h2-5H,1H3. The zero-order valence-corrected chi connectivity index (χ0v) is 9.20. The Morgan fingerprint density at radius 3 is 3.00 bits per heavy atom. The maximum Gasteiger partial charge on any atom is 0.234 e. The average Bonchev–Trinajstić information content (AvgIpc) is 2.76. The van der Waals surface area contributed by atoms with Crippen LogP contribution in [0.25, 0.3) is 16.3 Å². The Balaban J connectivity index is 2.25. The molecule has 0 bridgehead atoms. The van der Waals surface area contributed by atoms with Gasteiger partial charge in [0, 0.05) is 5.56 Å². The number of hydrogen-bond donors (Lipinski definition) is 0. The molecule has 6 heteroatoms. The van der Waals surface area contributed by atoms with E-state index in [9.17, 15) is 4.39 Å². The monoisotopic (exact) mass is 234 g/mol. The normalized spacial score (nSPS) is 11.1. The first-order chi connectivity index (χ1) is 7.74.